The van der Waals surface area contributed by atoms with Crippen molar-refractivity contribution >= 4 is 26.8 Å². The molecule has 2 aromatic carbocycles. The van der Waals surface area contributed by atoms with Gasteiger partial charge in [0, 0.05) is 27.1 Å². The minimum Gasteiger partial charge on any atom is -0.343 e. The van der Waals surface area contributed by atoms with Crippen LogP contribution >= 0.6 is 15.9 Å². The van der Waals surface area contributed by atoms with Gasteiger partial charge >= 0.3 is 0 Å². The topological polar surface area (TPSA) is 30.9 Å². The normalized spacial score (nSPS) is 11.2. The third kappa shape index (κ3) is 2.87. The van der Waals surface area contributed by atoms with Gasteiger partial charge in [0.05, 0.1) is 6.54 Å². The van der Waals surface area contributed by atoms with Crippen molar-refractivity contribution in [2.45, 2.75) is 13.0 Å². The molecule has 0 amide bonds. The number of hydrogen-bond acceptors (Lipinski definition) is 1. The number of rotatable bonds is 4. The Morgan fingerprint density at radius 1 is 1.10 bits per heavy atom. The van der Waals surface area contributed by atoms with E-state index in [0.29, 0.717) is 18.7 Å². The molecule has 0 atom stereocenters. The van der Waals surface area contributed by atoms with Crippen molar-refractivity contribution in [1.29, 1.82) is 0 Å². The van der Waals surface area contributed by atoms with Crippen LogP contribution in [0.4, 0.5) is 4.39 Å². The first kappa shape index (κ1) is 14.3. The van der Waals surface area contributed by atoms with Gasteiger partial charge in [-0.15, -0.1) is 0 Å². The first-order valence-electron chi connectivity index (χ1n) is 6.90. The van der Waals surface area contributed by atoms with Crippen molar-refractivity contribution in [1.82, 2.24) is 4.57 Å². The van der Waals surface area contributed by atoms with Gasteiger partial charge < -0.3 is 10.3 Å². The van der Waals surface area contributed by atoms with Crippen molar-refractivity contribution in [3.05, 3.63) is 70.1 Å². The molecule has 0 spiro atoms. The Balaban J connectivity index is 2.06. The van der Waals surface area contributed by atoms with Crippen molar-refractivity contribution in [2.24, 2.45) is 5.73 Å². The zero-order valence-electron chi connectivity index (χ0n) is 11.5. The lowest BCUT2D eigenvalue weighted by molar-refractivity contribution is 0.601. The van der Waals surface area contributed by atoms with Crippen LogP contribution in [0.1, 0.15) is 11.1 Å². The molecule has 0 aliphatic heterocycles. The van der Waals surface area contributed by atoms with E-state index in [4.69, 9.17) is 5.73 Å². The molecule has 0 radical (unpaired) electrons. The van der Waals surface area contributed by atoms with Gasteiger partial charge in [0.1, 0.15) is 5.82 Å². The van der Waals surface area contributed by atoms with Gasteiger partial charge in [-0.05, 0) is 42.8 Å². The van der Waals surface area contributed by atoms with Gasteiger partial charge in [0.2, 0.25) is 0 Å². The number of para-hydroxylation sites is 1. The Morgan fingerprint density at radius 2 is 1.90 bits per heavy atom. The summed E-state index contributed by atoms with van der Waals surface area (Å²) in [6.45, 7) is 1.12. The lowest BCUT2D eigenvalue weighted by atomic mass is 10.1. The highest BCUT2D eigenvalue weighted by Crippen LogP contribution is 2.24. The molecule has 0 unspecified atom stereocenters. The van der Waals surface area contributed by atoms with Crippen LogP contribution in [0.5, 0.6) is 0 Å². The molecule has 2 N–H and O–H groups in total. The van der Waals surface area contributed by atoms with Gasteiger partial charge in [-0.3, -0.25) is 0 Å². The highest BCUT2D eigenvalue weighted by atomic mass is 79.9. The molecular weight excluding hydrogens is 331 g/mol. The molecule has 3 rings (SSSR count). The van der Waals surface area contributed by atoms with Gasteiger partial charge in [-0.25, -0.2) is 4.39 Å². The van der Waals surface area contributed by atoms with Crippen LogP contribution in [0.3, 0.4) is 0 Å². The molecule has 0 aliphatic rings. The Hall–Kier alpha value is -1.65. The summed E-state index contributed by atoms with van der Waals surface area (Å²) in [4.78, 5) is 0. The summed E-state index contributed by atoms with van der Waals surface area (Å²) in [5.41, 5.74) is 8.68. The minimum absolute atomic E-state index is 0.184. The smallest absolute Gasteiger partial charge is 0.128 e. The highest BCUT2D eigenvalue weighted by Gasteiger charge is 2.10. The lowest BCUT2D eigenvalue weighted by Crippen LogP contribution is -2.03. The monoisotopic (exact) mass is 346 g/mol. The van der Waals surface area contributed by atoms with E-state index in [9.17, 15) is 4.39 Å². The number of nitrogens with two attached hydrogens (primary N) is 1. The van der Waals surface area contributed by atoms with Gasteiger partial charge in [-0.1, -0.05) is 34.1 Å². The van der Waals surface area contributed by atoms with E-state index >= 15 is 0 Å². The Kier molecular flexibility index (Phi) is 4.08. The van der Waals surface area contributed by atoms with E-state index in [1.807, 2.05) is 18.2 Å². The fraction of sp³-hybridized carbons (Fsp3) is 0.176. The second-order valence-electron chi connectivity index (χ2n) is 5.07. The van der Waals surface area contributed by atoms with Crippen LogP contribution in [0.25, 0.3) is 10.9 Å². The summed E-state index contributed by atoms with van der Waals surface area (Å²) >= 11 is 3.40. The van der Waals surface area contributed by atoms with Crippen molar-refractivity contribution in [3.8, 4) is 0 Å². The summed E-state index contributed by atoms with van der Waals surface area (Å²) < 4.78 is 16.9. The minimum atomic E-state index is -0.184. The second-order valence-corrected chi connectivity index (χ2v) is 5.99. The summed E-state index contributed by atoms with van der Waals surface area (Å²) in [6, 6.07) is 13.2. The molecule has 0 saturated heterocycles. The molecule has 2 nitrogen and oxygen atoms in total. The van der Waals surface area contributed by atoms with Gasteiger partial charge in [0.15, 0.2) is 0 Å². The SMILES string of the molecule is NCCc1cn(Cc2cc(Br)ccc2F)c2ccccc12. The maximum atomic E-state index is 14.0. The predicted octanol–water partition coefficient (Wildman–Crippen LogP) is 4.09. The molecular formula is C17H16BrFN2. The fourth-order valence-corrected chi connectivity index (χ4v) is 3.06. The molecule has 1 heterocycles. The average Bonchev–Trinajstić information content (AvgIpc) is 2.82. The second kappa shape index (κ2) is 6.00. The van der Waals surface area contributed by atoms with Crippen molar-refractivity contribution in [3.63, 3.8) is 0 Å². The molecule has 108 valence electrons. The first-order chi connectivity index (χ1) is 10.2. The molecule has 4 heteroatoms. The molecule has 21 heavy (non-hydrogen) atoms. The molecule has 0 aliphatic carbocycles. The summed E-state index contributed by atoms with van der Waals surface area (Å²) in [6.07, 6.45) is 2.91. The van der Waals surface area contributed by atoms with Crippen LogP contribution in [0.15, 0.2) is 53.1 Å². The molecule has 0 bridgehead atoms. The van der Waals surface area contributed by atoms with Crippen LogP contribution in [0, 0.1) is 5.82 Å². The molecule has 0 fully saturated rings. The lowest BCUT2D eigenvalue weighted by Gasteiger charge is -2.07. The number of benzene rings is 2. The van der Waals surface area contributed by atoms with E-state index in [1.165, 1.54) is 17.0 Å². The van der Waals surface area contributed by atoms with E-state index < -0.39 is 0 Å². The molecule has 1 aromatic heterocycles. The summed E-state index contributed by atoms with van der Waals surface area (Å²) in [5.74, 6) is -0.184. The Bertz CT molecular complexity index is 780. The number of hydrogen-bond donors (Lipinski definition) is 1. The molecule has 3 aromatic rings. The zero-order chi connectivity index (χ0) is 14.8. The van der Waals surface area contributed by atoms with Crippen LogP contribution < -0.4 is 5.73 Å². The Morgan fingerprint density at radius 3 is 2.71 bits per heavy atom. The number of fused-ring (bicyclic) bond motifs is 1. The van der Waals surface area contributed by atoms with Gasteiger partial charge in [-0.2, -0.15) is 0 Å². The van der Waals surface area contributed by atoms with Gasteiger partial charge in [0.25, 0.3) is 0 Å². The summed E-state index contributed by atoms with van der Waals surface area (Å²) in [5, 5.41) is 1.19. The third-order valence-corrected chi connectivity index (χ3v) is 4.13. The first-order valence-corrected chi connectivity index (χ1v) is 7.69. The number of nitrogens with zero attached hydrogens (tertiary/aromatic N) is 1. The fourth-order valence-electron chi connectivity index (χ4n) is 2.66. The maximum Gasteiger partial charge on any atom is 0.128 e. The predicted molar refractivity (Wildman–Crippen MR) is 87.9 cm³/mol. The number of aromatic nitrogens is 1. The molecule has 0 saturated carbocycles. The van der Waals surface area contributed by atoms with Crippen LogP contribution in [-0.2, 0) is 13.0 Å². The van der Waals surface area contributed by atoms with Crippen molar-refractivity contribution in [2.75, 3.05) is 6.54 Å². The summed E-state index contributed by atoms with van der Waals surface area (Å²) in [7, 11) is 0. The van der Waals surface area contributed by atoms with E-state index in [2.05, 4.69) is 38.8 Å². The third-order valence-electron chi connectivity index (χ3n) is 3.63. The van der Waals surface area contributed by atoms with Crippen LogP contribution in [0.2, 0.25) is 0 Å². The van der Waals surface area contributed by atoms with Crippen LogP contribution in [-0.4, -0.2) is 11.1 Å². The zero-order valence-corrected chi connectivity index (χ0v) is 13.1. The average molecular weight is 347 g/mol. The van der Waals surface area contributed by atoms with E-state index in [-0.39, 0.29) is 5.82 Å². The number of halogens is 2. The standard InChI is InChI=1S/C17H16BrFN2/c18-14-5-6-16(19)13(9-14)11-21-10-12(7-8-20)15-3-1-2-4-17(15)21/h1-6,9-10H,7-8,11,20H2. The Labute approximate surface area is 131 Å². The highest BCUT2D eigenvalue weighted by molar-refractivity contribution is 9.10. The van der Waals surface area contributed by atoms with E-state index in [0.717, 1.165) is 16.4 Å². The van der Waals surface area contributed by atoms with Crippen molar-refractivity contribution < 1.29 is 4.39 Å². The maximum absolute atomic E-state index is 14.0. The van der Waals surface area contributed by atoms with E-state index in [1.54, 1.807) is 6.07 Å². The largest absolute Gasteiger partial charge is 0.343 e. The quantitative estimate of drug-likeness (QED) is 0.757.